The zero-order valence-electron chi connectivity index (χ0n) is 12.1. The molecule has 0 aliphatic carbocycles. The van der Waals surface area contributed by atoms with Crippen LogP contribution in [0.25, 0.3) is 0 Å². The number of rotatable bonds is 4. The highest BCUT2D eigenvalue weighted by atomic mass is 16.5. The van der Waals surface area contributed by atoms with Crippen LogP contribution in [-0.2, 0) is 4.79 Å². The van der Waals surface area contributed by atoms with Crippen LogP contribution in [0.15, 0.2) is 18.2 Å². The van der Waals surface area contributed by atoms with Crippen molar-refractivity contribution in [2.45, 2.75) is 26.3 Å². The molecule has 1 aliphatic heterocycles. The van der Waals surface area contributed by atoms with E-state index in [2.05, 4.69) is 4.90 Å². The Labute approximate surface area is 118 Å². The van der Waals surface area contributed by atoms with Crippen molar-refractivity contribution in [1.29, 1.82) is 0 Å². The molecule has 0 radical (unpaired) electrons. The van der Waals surface area contributed by atoms with E-state index >= 15 is 0 Å². The molecule has 1 aliphatic rings. The Morgan fingerprint density at radius 1 is 1.50 bits per heavy atom. The van der Waals surface area contributed by atoms with Crippen molar-refractivity contribution in [3.63, 3.8) is 0 Å². The standard InChI is InChI=1S/C15H21NO4/c1-10(12-8-11(20-3)4-5-13(12)17)16-7-6-15(2,9-16)14(18)19/h4-5,8,10,17H,6-7,9H2,1-3H3,(H,18,19). The molecule has 0 spiro atoms. The van der Waals surface area contributed by atoms with Gasteiger partial charge in [0, 0.05) is 18.2 Å². The maximum Gasteiger partial charge on any atom is 0.310 e. The summed E-state index contributed by atoms with van der Waals surface area (Å²) >= 11 is 0. The molecule has 2 rings (SSSR count). The minimum Gasteiger partial charge on any atom is -0.508 e. The van der Waals surface area contributed by atoms with Crippen LogP contribution in [0.5, 0.6) is 11.5 Å². The SMILES string of the molecule is COc1ccc(O)c(C(C)N2CCC(C)(C(=O)O)C2)c1. The number of carboxylic acids is 1. The number of carboxylic acid groups (broad SMARTS) is 1. The summed E-state index contributed by atoms with van der Waals surface area (Å²) in [5.74, 6) is 0.133. The number of nitrogens with zero attached hydrogens (tertiary/aromatic N) is 1. The molecule has 110 valence electrons. The molecule has 20 heavy (non-hydrogen) atoms. The molecule has 1 saturated heterocycles. The first-order chi connectivity index (χ1) is 9.37. The van der Waals surface area contributed by atoms with Crippen LogP contribution in [-0.4, -0.2) is 41.3 Å². The number of likely N-dealkylation sites (tertiary alicyclic amines) is 1. The third kappa shape index (κ3) is 2.58. The second kappa shape index (κ2) is 5.32. The Hall–Kier alpha value is -1.75. The number of aromatic hydroxyl groups is 1. The molecule has 0 saturated carbocycles. The minimum atomic E-state index is -0.762. The van der Waals surface area contributed by atoms with Crippen LogP contribution in [0.1, 0.15) is 31.9 Å². The molecule has 5 heteroatoms. The fourth-order valence-electron chi connectivity index (χ4n) is 2.69. The summed E-state index contributed by atoms with van der Waals surface area (Å²) in [7, 11) is 1.58. The van der Waals surface area contributed by atoms with Gasteiger partial charge in [0.25, 0.3) is 0 Å². The van der Waals surface area contributed by atoms with Gasteiger partial charge in [-0.1, -0.05) is 0 Å². The summed E-state index contributed by atoms with van der Waals surface area (Å²) < 4.78 is 5.18. The number of phenolic OH excluding ortho intramolecular Hbond substituents is 1. The van der Waals surface area contributed by atoms with Gasteiger partial charge in [-0.05, 0) is 45.0 Å². The van der Waals surface area contributed by atoms with E-state index in [1.807, 2.05) is 6.92 Å². The zero-order valence-corrected chi connectivity index (χ0v) is 12.1. The van der Waals surface area contributed by atoms with E-state index in [-0.39, 0.29) is 11.8 Å². The Kier molecular flexibility index (Phi) is 3.90. The lowest BCUT2D eigenvalue weighted by atomic mass is 9.90. The summed E-state index contributed by atoms with van der Waals surface area (Å²) in [5.41, 5.74) is 0.0573. The fourth-order valence-corrected chi connectivity index (χ4v) is 2.69. The van der Waals surface area contributed by atoms with Gasteiger partial charge < -0.3 is 14.9 Å². The van der Waals surface area contributed by atoms with Crippen molar-refractivity contribution in [2.24, 2.45) is 5.41 Å². The maximum atomic E-state index is 11.3. The topological polar surface area (TPSA) is 70.0 Å². The first-order valence-corrected chi connectivity index (χ1v) is 6.72. The van der Waals surface area contributed by atoms with Crippen molar-refractivity contribution in [1.82, 2.24) is 4.90 Å². The van der Waals surface area contributed by atoms with Gasteiger partial charge in [0.15, 0.2) is 0 Å². The minimum absolute atomic E-state index is 0.0497. The van der Waals surface area contributed by atoms with E-state index in [4.69, 9.17) is 4.74 Å². The maximum absolute atomic E-state index is 11.3. The van der Waals surface area contributed by atoms with Crippen LogP contribution in [0, 0.1) is 5.41 Å². The third-order valence-electron chi connectivity index (χ3n) is 4.25. The highest BCUT2D eigenvalue weighted by Crippen LogP contribution is 2.38. The third-order valence-corrected chi connectivity index (χ3v) is 4.25. The Bertz CT molecular complexity index is 517. The predicted molar refractivity (Wildman–Crippen MR) is 75.0 cm³/mol. The lowest BCUT2D eigenvalue weighted by molar-refractivity contribution is -0.147. The second-order valence-electron chi connectivity index (χ2n) is 5.69. The van der Waals surface area contributed by atoms with Crippen molar-refractivity contribution in [3.05, 3.63) is 23.8 Å². The summed E-state index contributed by atoms with van der Waals surface area (Å²) in [6.45, 7) is 4.94. The molecular formula is C15H21NO4. The Morgan fingerprint density at radius 2 is 2.20 bits per heavy atom. The van der Waals surface area contributed by atoms with Gasteiger partial charge in [-0.2, -0.15) is 0 Å². The van der Waals surface area contributed by atoms with Crippen molar-refractivity contribution >= 4 is 5.97 Å². The number of hydrogen-bond acceptors (Lipinski definition) is 4. The summed E-state index contributed by atoms with van der Waals surface area (Å²) in [6.07, 6.45) is 0.622. The molecule has 5 nitrogen and oxygen atoms in total. The van der Waals surface area contributed by atoms with Gasteiger partial charge in [0.2, 0.25) is 0 Å². The van der Waals surface area contributed by atoms with E-state index < -0.39 is 11.4 Å². The van der Waals surface area contributed by atoms with Gasteiger partial charge >= 0.3 is 5.97 Å². The average Bonchev–Trinajstić information content (AvgIpc) is 2.83. The van der Waals surface area contributed by atoms with Gasteiger partial charge in [-0.3, -0.25) is 9.69 Å². The van der Waals surface area contributed by atoms with Crippen molar-refractivity contribution in [3.8, 4) is 11.5 Å². The second-order valence-corrected chi connectivity index (χ2v) is 5.69. The molecular weight excluding hydrogens is 258 g/mol. The zero-order chi connectivity index (χ0) is 14.9. The molecule has 0 aromatic heterocycles. The smallest absolute Gasteiger partial charge is 0.310 e. The van der Waals surface area contributed by atoms with E-state index in [0.717, 1.165) is 5.56 Å². The first kappa shape index (κ1) is 14.7. The molecule has 1 fully saturated rings. The normalized spacial score (nSPS) is 24.6. The van der Waals surface area contributed by atoms with E-state index in [0.29, 0.717) is 25.3 Å². The first-order valence-electron chi connectivity index (χ1n) is 6.72. The lowest BCUT2D eigenvalue weighted by Crippen LogP contribution is -2.32. The average molecular weight is 279 g/mol. The van der Waals surface area contributed by atoms with Crippen molar-refractivity contribution < 1.29 is 19.7 Å². The number of phenols is 1. The molecule has 0 bridgehead atoms. The number of benzene rings is 1. The highest BCUT2D eigenvalue weighted by Gasteiger charge is 2.42. The van der Waals surface area contributed by atoms with Gasteiger partial charge in [0.05, 0.1) is 12.5 Å². The summed E-state index contributed by atoms with van der Waals surface area (Å²) in [6, 6.07) is 5.07. The number of aliphatic carboxylic acids is 1. The van der Waals surface area contributed by atoms with E-state index in [9.17, 15) is 15.0 Å². The summed E-state index contributed by atoms with van der Waals surface area (Å²) in [5, 5.41) is 19.3. The predicted octanol–water partition coefficient (Wildman–Crippen LogP) is 2.26. The van der Waals surface area contributed by atoms with E-state index in [1.165, 1.54) is 0 Å². The van der Waals surface area contributed by atoms with Crippen LogP contribution in [0.3, 0.4) is 0 Å². The molecule has 1 heterocycles. The monoisotopic (exact) mass is 279 g/mol. The molecule has 2 N–H and O–H groups in total. The van der Waals surface area contributed by atoms with Gasteiger partial charge in [0.1, 0.15) is 11.5 Å². The Balaban J connectivity index is 2.21. The lowest BCUT2D eigenvalue weighted by Gasteiger charge is -2.27. The van der Waals surface area contributed by atoms with E-state index in [1.54, 1.807) is 32.2 Å². The van der Waals surface area contributed by atoms with Crippen LogP contribution in [0.2, 0.25) is 0 Å². The van der Waals surface area contributed by atoms with Crippen LogP contribution < -0.4 is 4.74 Å². The quantitative estimate of drug-likeness (QED) is 0.884. The van der Waals surface area contributed by atoms with Crippen LogP contribution >= 0.6 is 0 Å². The number of methoxy groups -OCH3 is 1. The largest absolute Gasteiger partial charge is 0.508 e. The molecule has 0 amide bonds. The highest BCUT2D eigenvalue weighted by molar-refractivity contribution is 5.74. The summed E-state index contributed by atoms with van der Waals surface area (Å²) in [4.78, 5) is 13.4. The molecule has 2 atom stereocenters. The number of ether oxygens (including phenoxy) is 1. The molecule has 2 unspecified atom stereocenters. The Morgan fingerprint density at radius 3 is 2.75 bits per heavy atom. The van der Waals surface area contributed by atoms with Gasteiger partial charge in [-0.25, -0.2) is 0 Å². The number of carbonyl (C=O) groups is 1. The molecule has 1 aromatic carbocycles. The van der Waals surface area contributed by atoms with Crippen molar-refractivity contribution in [2.75, 3.05) is 20.2 Å². The van der Waals surface area contributed by atoms with Gasteiger partial charge in [-0.15, -0.1) is 0 Å². The van der Waals surface area contributed by atoms with Crippen LogP contribution in [0.4, 0.5) is 0 Å². The fraction of sp³-hybridized carbons (Fsp3) is 0.533. The molecule has 1 aromatic rings. The number of hydrogen-bond donors (Lipinski definition) is 2.